The summed E-state index contributed by atoms with van der Waals surface area (Å²) in [6.45, 7) is 2.01. The van der Waals surface area contributed by atoms with Crippen molar-refractivity contribution in [3.8, 4) is 0 Å². The number of amides is 1. The molecule has 0 unspecified atom stereocenters. The van der Waals surface area contributed by atoms with Crippen LogP contribution in [0.1, 0.15) is 43.2 Å². The van der Waals surface area contributed by atoms with Gasteiger partial charge in [-0.25, -0.2) is 4.98 Å². The number of aryl methyl sites for hydroxylation is 2. The van der Waals surface area contributed by atoms with Crippen molar-refractivity contribution in [2.75, 3.05) is 5.32 Å². The monoisotopic (exact) mass is 224 g/mol. The lowest BCUT2D eigenvalue weighted by Crippen LogP contribution is -2.10. The van der Waals surface area contributed by atoms with Crippen molar-refractivity contribution < 1.29 is 4.79 Å². The molecule has 1 aliphatic rings. The van der Waals surface area contributed by atoms with Crippen LogP contribution in [0.15, 0.2) is 0 Å². The summed E-state index contributed by atoms with van der Waals surface area (Å²) in [6.07, 6.45) is 6.18. The molecule has 82 valence electrons. The van der Waals surface area contributed by atoms with Crippen LogP contribution in [0.5, 0.6) is 0 Å². The molecular weight excluding hydrogens is 208 g/mol. The molecule has 0 spiro atoms. The number of thiazole rings is 1. The van der Waals surface area contributed by atoms with Crippen LogP contribution in [0.3, 0.4) is 0 Å². The number of aromatic nitrogens is 1. The summed E-state index contributed by atoms with van der Waals surface area (Å²) < 4.78 is 0. The zero-order valence-electron chi connectivity index (χ0n) is 9.01. The molecule has 0 radical (unpaired) electrons. The third-order valence-electron chi connectivity index (χ3n) is 2.57. The van der Waals surface area contributed by atoms with Crippen molar-refractivity contribution in [3.63, 3.8) is 0 Å². The van der Waals surface area contributed by atoms with Crippen LogP contribution in [-0.2, 0) is 17.6 Å². The summed E-state index contributed by atoms with van der Waals surface area (Å²) in [5, 5.41) is 3.66. The highest BCUT2D eigenvalue weighted by Gasteiger charge is 2.15. The van der Waals surface area contributed by atoms with Gasteiger partial charge in [-0.15, -0.1) is 11.3 Å². The number of nitrogens with zero attached hydrogens (tertiary/aromatic N) is 1. The smallest absolute Gasteiger partial charge is 0.226 e. The maximum absolute atomic E-state index is 11.4. The largest absolute Gasteiger partial charge is 0.302 e. The maximum atomic E-state index is 11.4. The molecule has 15 heavy (non-hydrogen) atoms. The number of carbonyl (C=O) groups is 1. The Morgan fingerprint density at radius 2 is 2.27 bits per heavy atom. The average Bonchev–Trinajstić information content (AvgIpc) is 2.59. The molecule has 1 amide bonds. The average molecular weight is 224 g/mol. The summed E-state index contributed by atoms with van der Waals surface area (Å²) in [6, 6.07) is 0. The standard InChI is InChI=1S/C11H16N2OS/c1-2-5-10(14)13-11-12-8-6-3-4-7-9(8)15-11/h2-7H2,1H3,(H,12,13,14). The molecule has 0 fully saturated rings. The first-order valence-corrected chi connectivity index (χ1v) is 6.39. The number of carbonyl (C=O) groups excluding carboxylic acids is 1. The van der Waals surface area contributed by atoms with Gasteiger partial charge in [-0.05, 0) is 32.1 Å². The van der Waals surface area contributed by atoms with E-state index in [9.17, 15) is 4.79 Å². The minimum absolute atomic E-state index is 0.0867. The summed E-state index contributed by atoms with van der Waals surface area (Å²) in [4.78, 5) is 17.2. The Kier molecular flexibility index (Phi) is 3.36. The number of hydrogen-bond acceptors (Lipinski definition) is 3. The van der Waals surface area contributed by atoms with E-state index >= 15 is 0 Å². The van der Waals surface area contributed by atoms with Gasteiger partial charge < -0.3 is 5.32 Å². The minimum Gasteiger partial charge on any atom is -0.302 e. The molecule has 3 nitrogen and oxygen atoms in total. The lowest BCUT2D eigenvalue weighted by atomic mass is 10.0. The summed E-state index contributed by atoms with van der Waals surface area (Å²) >= 11 is 1.65. The minimum atomic E-state index is 0.0867. The summed E-state index contributed by atoms with van der Waals surface area (Å²) in [7, 11) is 0. The summed E-state index contributed by atoms with van der Waals surface area (Å²) in [5.41, 5.74) is 1.21. The number of fused-ring (bicyclic) bond motifs is 1. The van der Waals surface area contributed by atoms with E-state index in [0.29, 0.717) is 6.42 Å². The summed E-state index contributed by atoms with van der Waals surface area (Å²) in [5.74, 6) is 0.0867. The maximum Gasteiger partial charge on any atom is 0.226 e. The Morgan fingerprint density at radius 3 is 3.00 bits per heavy atom. The van der Waals surface area contributed by atoms with Gasteiger partial charge in [-0.3, -0.25) is 4.79 Å². The molecule has 1 aromatic rings. The second-order valence-electron chi connectivity index (χ2n) is 3.89. The van der Waals surface area contributed by atoms with E-state index in [2.05, 4.69) is 10.3 Å². The first kappa shape index (κ1) is 10.6. The van der Waals surface area contributed by atoms with Crippen molar-refractivity contribution in [2.45, 2.75) is 45.4 Å². The lowest BCUT2D eigenvalue weighted by Gasteiger charge is -2.06. The van der Waals surface area contributed by atoms with Crippen LogP contribution < -0.4 is 5.32 Å². The molecule has 0 aliphatic heterocycles. The molecule has 0 saturated heterocycles. The normalized spacial score (nSPS) is 14.7. The van der Waals surface area contributed by atoms with Crippen molar-refractivity contribution in [1.82, 2.24) is 4.98 Å². The highest BCUT2D eigenvalue weighted by Crippen LogP contribution is 2.29. The molecule has 1 aromatic heterocycles. The van der Waals surface area contributed by atoms with E-state index in [1.165, 1.54) is 23.4 Å². The lowest BCUT2D eigenvalue weighted by molar-refractivity contribution is -0.116. The van der Waals surface area contributed by atoms with Crippen LogP contribution in [-0.4, -0.2) is 10.9 Å². The van der Waals surface area contributed by atoms with Gasteiger partial charge in [0.15, 0.2) is 5.13 Å². The van der Waals surface area contributed by atoms with E-state index in [4.69, 9.17) is 0 Å². The zero-order chi connectivity index (χ0) is 10.7. The quantitative estimate of drug-likeness (QED) is 0.857. The topological polar surface area (TPSA) is 42.0 Å². The molecule has 0 saturated carbocycles. The van der Waals surface area contributed by atoms with Gasteiger partial charge in [0.05, 0.1) is 5.69 Å². The first-order valence-electron chi connectivity index (χ1n) is 5.58. The van der Waals surface area contributed by atoms with Gasteiger partial charge in [0.2, 0.25) is 5.91 Å². The van der Waals surface area contributed by atoms with Gasteiger partial charge in [0.25, 0.3) is 0 Å². The van der Waals surface area contributed by atoms with Gasteiger partial charge >= 0.3 is 0 Å². The van der Waals surface area contributed by atoms with Crippen LogP contribution in [0, 0.1) is 0 Å². The van der Waals surface area contributed by atoms with Gasteiger partial charge in [-0.1, -0.05) is 6.92 Å². The van der Waals surface area contributed by atoms with Crippen LogP contribution in [0.2, 0.25) is 0 Å². The van der Waals surface area contributed by atoms with E-state index < -0.39 is 0 Å². The Labute approximate surface area is 93.9 Å². The van der Waals surface area contributed by atoms with E-state index in [1.807, 2.05) is 6.92 Å². The predicted molar refractivity (Wildman–Crippen MR) is 62.3 cm³/mol. The molecule has 1 N–H and O–H groups in total. The second-order valence-corrected chi connectivity index (χ2v) is 4.98. The molecule has 0 aromatic carbocycles. The van der Waals surface area contributed by atoms with Crippen molar-refractivity contribution in [2.24, 2.45) is 0 Å². The predicted octanol–water partition coefficient (Wildman–Crippen LogP) is 2.76. The van der Waals surface area contributed by atoms with Gasteiger partial charge in [-0.2, -0.15) is 0 Å². The fourth-order valence-corrected chi connectivity index (χ4v) is 2.88. The molecule has 1 heterocycles. The van der Waals surface area contributed by atoms with Crippen LogP contribution in [0.25, 0.3) is 0 Å². The Bertz CT molecular complexity index is 336. The first-order chi connectivity index (χ1) is 7.29. The van der Waals surface area contributed by atoms with E-state index in [0.717, 1.165) is 24.4 Å². The highest BCUT2D eigenvalue weighted by atomic mass is 32.1. The van der Waals surface area contributed by atoms with Crippen LogP contribution in [0.4, 0.5) is 5.13 Å². The number of anilines is 1. The third kappa shape index (κ3) is 2.56. The third-order valence-corrected chi connectivity index (χ3v) is 3.64. The number of hydrogen-bond donors (Lipinski definition) is 1. The van der Waals surface area contributed by atoms with Crippen molar-refractivity contribution in [3.05, 3.63) is 10.6 Å². The highest BCUT2D eigenvalue weighted by molar-refractivity contribution is 7.15. The fourth-order valence-electron chi connectivity index (χ4n) is 1.81. The van der Waals surface area contributed by atoms with Gasteiger partial charge in [0, 0.05) is 11.3 Å². The SMILES string of the molecule is CCCC(=O)Nc1nc2c(s1)CCCC2. The molecule has 0 bridgehead atoms. The molecule has 2 rings (SSSR count). The molecular formula is C11H16N2OS. The zero-order valence-corrected chi connectivity index (χ0v) is 9.82. The number of rotatable bonds is 3. The Morgan fingerprint density at radius 1 is 1.47 bits per heavy atom. The number of nitrogens with one attached hydrogen (secondary N) is 1. The Hall–Kier alpha value is -0.900. The van der Waals surface area contributed by atoms with E-state index in [1.54, 1.807) is 11.3 Å². The van der Waals surface area contributed by atoms with Crippen molar-refractivity contribution in [1.29, 1.82) is 0 Å². The van der Waals surface area contributed by atoms with Crippen LogP contribution >= 0.6 is 11.3 Å². The van der Waals surface area contributed by atoms with E-state index in [-0.39, 0.29) is 5.91 Å². The Balaban J connectivity index is 2.03. The fraction of sp³-hybridized carbons (Fsp3) is 0.636. The molecule has 1 aliphatic carbocycles. The van der Waals surface area contributed by atoms with Crippen molar-refractivity contribution >= 4 is 22.4 Å². The molecule has 4 heteroatoms. The van der Waals surface area contributed by atoms with Gasteiger partial charge in [0.1, 0.15) is 0 Å². The second kappa shape index (κ2) is 4.75. The molecule has 0 atom stereocenters.